The van der Waals surface area contributed by atoms with Gasteiger partial charge in [0.15, 0.2) is 0 Å². The van der Waals surface area contributed by atoms with Crippen LogP contribution in [0.25, 0.3) is 5.69 Å². The van der Waals surface area contributed by atoms with Crippen molar-refractivity contribution in [3.8, 4) is 5.69 Å². The van der Waals surface area contributed by atoms with Crippen LogP contribution in [0.5, 0.6) is 0 Å². The summed E-state index contributed by atoms with van der Waals surface area (Å²) in [5.41, 5.74) is -0.823. The second-order valence-corrected chi connectivity index (χ2v) is 5.81. The first-order valence-electron chi connectivity index (χ1n) is 6.75. The summed E-state index contributed by atoms with van der Waals surface area (Å²) in [5.74, 6) is -1.36. The highest BCUT2D eigenvalue weighted by molar-refractivity contribution is 6.31. The highest BCUT2D eigenvalue weighted by Crippen LogP contribution is 2.18. The molecule has 0 unspecified atom stereocenters. The van der Waals surface area contributed by atoms with Crippen LogP contribution >= 0.6 is 11.6 Å². The first kappa shape index (κ1) is 17.0. The Labute approximate surface area is 136 Å². The minimum Gasteiger partial charge on any atom is -0.477 e. The van der Waals surface area contributed by atoms with E-state index in [0.29, 0.717) is 5.02 Å². The molecular formula is C15H16ClN3O4. The number of benzene rings is 1. The Kier molecular flexibility index (Phi) is 4.72. The zero-order valence-corrected chi connectivity index (χ0v) is 13.6. The van der Waals surface area contributed by atoms with Crippen molar-refractivity contribution in [1.82, 2.24) is 14.5 Å². The van der Waals surface area contributed by atoms with E-state index in [0.717, 1.165) is 10.1 Å². The van der Waals surface area contributed by atoms with Gasteiger partial charge in [0.1, 0.15) is 5.69 Å². The monoisotopic (exact) mass is 337 g/mol. The number of aryl methyl sites for hydroxylation is 1. The normalized spacial score (nSPS) is 11.0. The van der Waals surface area contributed by atoms with Gasteiger partial charge < -0.3 is 15.0 Å². The van der Waals surface area contributed by atoms with E-state index < -0.39 is 22.9 Å². The van der Waals surface area contributed by atoms with Crippen LogP contribution < -0.4 is 11.2 Å². The lowest BCUT2D eigenvalue weighted by atomic mass is 10.2. The fraction of sp³-hybridized carbons (Fsp3) is 0.267. The largest absolute Gasteiger partial charge is 0.477 e. The summed E-state index contributed by atoms with van der Waals surface area (Å²) in [7, 11) is 3.40. The van der Waals surface area contributed by atoms with Gasteiger partial charge in [-0.05, 0) is 38.7 Å². The van der Waals surface area contributed by atoms with Crippen molar-refractivity contribution in [2.75, 3.05) is 14.1 Å². The van der Waals surface area contributed by atoms with Crippen molar-refractivity contribution >= 4 is 17.6 Å². The summed E-state index contributed by atoms with van der Waals surface area (Å²) < 4.78 is 0.886. The zero-order chi connectivity index (χ0) is 17.3. The molecule has 0 aliphatic heterocycles. The van der Waals surface area contributed by atoms with Crippen molar-refractivity contribution < 1.29 is 9.90 Å². The van der Waals surface area contributed by atoms with Crippen LogP contribution in [-0.4, -0.2) is 39.6 Å². The van der Waals surface area contributed by atoms with E-state index >= 15 is 0 Å². The Bertz CT molecular complexity index is 883. The average Bonchev–Trinajstić information content (AvgIpc) is 2.45. The molecule has 0 aliphatic rings. The smallest absolute Gasteiger partial charge is 0.352 e. The van der Waals surface area contributed by atoms with Crippen LogP contribution in [0.2, 0.25) is 5.02 Å². The molecule has 0 bridgehead atoms. The first-order chi connectivity index (χ1) is 10.7. The van der Waals surface area contributed by atoms with Crippen molar-refractivity contribution in [3.05, 3.63) is 60.9 Å². The molecule has 0 saturated heterocycles. The van der Waals surface area contributed by atoms with Crippen LogP contribution in [0.4, 0.5) is 0 Å². The molecule has 122 valence electrons. The Hall–Kier alpha value is -2.38. The van der Waals surface area contributed by atoms with E-state index in [9.17, 15) is 19.5 Å². The van der Waals surface area contributed by atoms with Gasteiger partial charge >= 0.3 is 11.7 Å². The van der Waals surface area contributed by atoms with Gasteiger partial charge in [0.05, 0.1) is 11.3 Å². The maximum atomic E-state index is 12.7. The molecule has 0 spiro atoms. The fourth-order valence-corrected chi connectivity index (χ4v) is 2.35. The molecule has 0 atom stereocenters. The lowest BCUT2D eigenvalue weighted by Crippen LogP contribution is -2.39. The number of aromatic carboxylic acids is 1. The third-order valence-corrected chi connectivity index (χ3v) is 3.71. The number of rotatable bonds is 4. The summed E-state index contributed by atoms with van der Waals surface area (Å²) in [6, 6.07) is 4.76. The molecule has 23 heavy (non-hydrogen) atoms. The lowest BCUT2D eigenvalue weighted by molar-refractivity contribution is 0.0687. The predicted octanol–water partition coefficient (Wildman–Crippen LogP) is 1.25. The second-order valence-electron chi connectivity index (χ2n) is 5.40. The Morgan fingerprint density at radius 1 is 1.35 bits per heavy atom. The summed E-state index contributed by atoms with van der Waals surface area (Å²) in [5, 5.41) is 9.62. The van der Waals surface area contributed by atoms with Crippen molar-refractivity contribution in [3.63, 3.8) is 0 Å². The number of carbonyl (C=O) groups is 1. The van der Waals surface area contributed by atoms with Gasteiger partial charge in [-0.25, -0.2) is 14.2 Å². The van der Waals surface area contributed by atoms with Crippen LogP contribution in [0.3, 0.4) is 0 Å². The van der Waals surface area contributed by atoms with E-state index in [-0.39, 0.29) is 17.8 Å². The molecule has 2 N–H and O–H groups in total. The maximum Gasteiger partial charge on any atom is 0.352 e. The number of H-pyrrole nitrogens is 1. The number of carboxylic acids is 1. The third kappa shape index (κ3) is 3.35. The maximum absolute atomic E-state index is 12.7. The van der Waals surface area contributed by atoms with E-state index in [4.69, 9.17) is 11.6 Å². The van der Waals surface area contributed by atoms with E-state index in [2.05, 4.69) is 4.98 Å². The predicted molar refractivity (Wildman–Crippen MR) is 86.8 cm³/mol. The molecule has 0 aliphatic carbocycles. The summed E-state index contributed by atoms with van der Waals surface area (Å²) in [4.78, 5) is 40.0. The molecule has 0 radical (unpaired) electrons. The highest BCUT2D eigenvalue weighted by atomic mass is 35.5. The van der Waals surface area contributed by atoms with Crippen LogP contribution in [-0.2, 0) is 6.54 Å². The van der Waals surface area contributed by atoms with Gasteiger partial charge in [-0.3, -0.25) is 4.79 Å². The molecule has 1 heterocycles. The number of hydrogen-bond acceptors (Lipinski definition) is 4. The van der Waals surface area contributed by atoms with Gasteiger partial charge in [-0.15, -0.1) is 0 Å². The standard InChI is InChI=1S/C15H16ClN3O4/c1-8-4-5-9(6-11(8)16)19-13(20)10(7-18(2)3)12(14(21)22)17-15(19)23/h4-6H,7H2,1-3H3,(H,17,23)(H,21,22). The molecule has 7 nitrogen and oxygen atoms in total. The fourth-order valence-electron chi connectivity index (χ4n) is 2.17. The molecule has 2 aromatic rings. The van der Waals surface area contributed by atoms with Gasteiger partial charge in [0, 0.05) is 11.6 Å². The minimum atomic E-state index is -1.36. The van der Waals surface area contributed by atoms with Gasteiger partial charge in [-0.1, -0.05) is 17.7 Å². The molecule has 0 amide bonds. The Morgan fingerprint density at radius 3 is 2.52 bits per heavy atom. The lowest BCUT2D eigenvalue weighted by Gasteiger charge is -2.14. The number of nitrogens with one attached hydrogen (secondary N) is 1. The van der Waals surface area contributed by atoms with Crippen LogP contribution in [0.1, 0.15) is 21.6 Å². The number of nitrogens with zero attached hydrogens (tertiary/aromatic N) is 2. The quantitative estimate of drug-likeness (QED) is 0.875. The van der Waals surface area contributed by atoms with E-state index in [1.54, 1.807) is 38.1 Å². The first-order valence-corrected chi connectivity index (χ1v) is 7.13. The topological polar surface area (TPSA) is 95.4 Å². The molecule has 1 aromatic heterocycles. The van der Waals surface area contributed by atoms with Gasteiger partial charge in [0.2, 0.25) is 0 Å². The van der Waals surface area contributed by atoms with Crippen LogP contribution in [0, 0.1) is 6.92 Å². The molecule has 2 rings (SSSR count). The van der Waals surface area contributed by atoms with E-state index in [1.807, 2.05) is 0 Å². The summed E-state index contributed by atoms with van der Waals surface area (Å²) >= 11 is 6.04. The van der Waals surface area contributed by atoms with Crippen molar-refractivity contribution in [2.24, 2.45) is 0 Å². The SMILES string of the molecule is Cc1ccc(-n2c(=O)[nH]c(C(=O)O)c(CN(C)C)c2=O)cc1Cl. The minimum absolute atomic E-state index is 0.00111. The second kappa shape index (κ2) is 6.39. The summed E-state index contributed by atoms with van der Waals surface area (Å²) in [6.07, 6.45) is 0. The number of halogens is 1. The number of carboxylic acid groups (broad SMARTS) is 1. The molecule has 0 fully saturated rings. The highest BCUT2D eigenvalue weighted by Gasteiger charge is 2.20. The Balaban J connectivity index is 2.79. The average molecular weight is 338 g/mol. The summed E-state index contributed by atoms with van der Waals surface area (Å²) in [6.45, 7) is 1.88. The zero-order valence-electron chi connectivity index (χ0n) is 12.9. The number of aromatic nitrogens is 2. The van der Waals surface area contributed by atoms with Crippen molar-refractivity contribution in [1.29, 1.82) is 0 Å². The molecule has 0 saturated carbocycles. The number of hydrogen-bond donors (Lipinski definition) is 2. The molecular weight excluding hydrogens is 322 g/mol. The van der Waals surface area contributed by atoms with Gasteiger partial charge in [0.25, 0.3) is 5.56 Å². The number of aromatic amines is 1. The third-order valence-electron chi connectivity index (χ3n) is 3.30. The van der Waals surface area contributed by atoms with E-state index in [1.165, 1.54) is 6.07 Å². The van der Waals surface area contributed by atoms with Crippen molar-refractivity contribution in [2.45, 2.75) is 13.5 Å². The molecule has 1 aromatic carbocycles. The van der Waals surface area contributed by atoms with Crippen LogP contribution in [0.15, 0.2) is 27.8 Å². The van der Waals surface area contributed by atoms with Gasteiger partial charge in [-0.2, -0.15) is 0 Å². The Morgan fingerprint density at radius 2 is 2.00 bits per heavy atom. The molecule has 8 heteroatoms.